The van der Waals surface area contributed by atoms with E-state index in [1.807, 2.05) is 0 Å². The van der Waals surface area contributed by atoms with Crippen LogP contribution in [0, 0.1) is 0 Å². The topological polar surface area (TPSA) is 78.9 Å². The predicted octanol–water partition coefficient (Wildman–Crippen LogP) is 16.9. The number of carbonyl (C=O) groups excluding carboxylic acids is 3. The second-order valence-electron chi connectivity index (χ2n) is 17.0. The lowest BCUT2D eigenvalue weighted by molar-refractivity contribution is -0.167. The van der Waals surface area contributed by atoms with E-state index in [4.69, 9.17) is 14.2 Å². The average molecular weight is 853 g/mol. The maximum absolute atomic E-state index is 12.8. The molecule has 0 fully saturated rings. The first-order chi connectivity index (χ1) is 30.0. The van der Waals surface area contributed by atoms with Crippen LogP contribution in [0.15, 0.2) is 60.8 Å². The van der Waals surface area contributed by atoms with Crippen LogP contribution in [0.5, 0.6) is 0 Å². The van der Waals surface area contributed by atoms with Crippen molar-refractivity contribution in [2.45, 2.75) is 258 Å². The fourth-order valence-corrected chi connectivity index (χ4v) is 7.08. The lowest BCUT2D eigenvalue weighted by Crippen LogP contribution is -2.30. The number of carbonyl (C=O) groups is 3. The van der Waals surface area contributed by atoms with Gasteiger partial charge in [0, 0.05) is 19.3 Å². The molecule has 61 heavy (non-hydrogen) atoms. The smallest absolute Gasteiger partial charge is 0.306 e. The van der Waals surface area contributed by atoms with Crippen molar-refractivity contribution < 1.29 is 28.6 Å². The van der Waals surface area contributed by atoms with Crippen molar-refractivity contribution in [2.75, 3.05) is 13.2 Å². The van der Waals surface area contributed by atoms with E-state index < -0.39 is 6.10 Å². The Balaban J connectivity index is 4.40. The Morgan fingerprint density at radius 1 is 0.344 bits per heavy atom. The Hall–Kier alpha value is -2.89. The van der Waals surface area contributed by atoms with Crippen molar-refractivity contribution in [3.8, 4) is 0 Å². The summed E-state index contributed by atoms with van der Waals surface area (Å²) in [5.74, 6) is -0.913. The molecule has 0 aliphatic rings. The molecule has 0 radical (unpaired) electrons. The van der Waals surface area contributed by atoms with Crippen molar-refractivity contribution in [1.29, 1.82) is 0 Å². The number of hydrogen-bond acceptors (Lipinski definition) is 6. The number of unbranched alkanes of at least 4 members (excludes halogenated alkanes) is 25. The lowest BCUT2D eigenvalue weighted by atomic mass is 10.1. The van der Waals surface area contributed by atoms with Gasteiger partial charge in [0.25, 0.3) is 0 Å². The molecule has 0 rings (SSSR count). The summed E-state index contributed by atoms with van der Waals surface area (Å²) in [5, 5.41) is 0. The van der Waals surface area contributed by atoms with Crippen molar-refractivity contribution in [2.24, 2.45) is 0 Å². The maximum Gasteiger partial charge on any atom is 0.306 e. The number of ether oxygens (including phenoxy) is 3. The molecule has 0 aromatic carbocycles. The summed E-state index contributed by atoms with van der Waals surface area (Å²) < 4.78 is 16.8. The Morgan fingerprint density at radius 3 is 1.07 bits per heavy atom. The second-order valence-corrected chi connectivity index (χ2v) is 17.0. The molecule has 0 amide bonds. The van der Waals surface area contributed by atoms with Gasteiger partial charge in [0.05, 0.1) is 0 Å². The number of esters is 3. The first-order valence-electron chi connectivity index (χ1n) is 25.8. The maximum atomic E-state index is 12.8. The van der Waals surface area contributed by atoms with Crippen LogP contribution in [0.2, 0.25) is 0 Å². The van der Waals surface area contributed by atoms with E-state index in [1.165, 1.54) is 109 Å². The zero-order valence-electron chi connectivity index (χ0n) is 40.2. The molecular weight excluding hydrogens is 757 g/mol. The molecule has 6 nitrogen and oxygen atoms in total. The van der Waals surface area contributed by atoms with E-state index in [1.54, 1.807) is 0 Å². The quantitative estimate of drug-likeness (QED) is 0.0263. The third-order valence-electron chi connectivity index (χ3n) is 11.0. The van der Waals surface area contributed by atoms with Crippen LogP contribution < -0.4 is 0 Å². The third kappa shape index (κ3) is 48.0. The van der Waals surface area contributed by atoms with Crippen LogP contribution in [0.25, 0.3) is 0 Å². The van der Waals surface area contributed by atoms with Crippen molar-refractivity contribution >= 4 is 17.9 Å². The van der Waals surface area contributed by atoms with Gasteiger partial charge in [-0.05, 0) is 96.3 Å². The van der Waals surface area contributed by atoms with Gasteiger partial charge in [-0.1, -0.05) is 197 Å². The van der Waals surface area contributed by atoms with Gasteiger partial charge in [0.15, 0.2) is 6.10 Å². The molecule has 0 saturated heterocycles. The summed E-state index contributed by atoms with van der Waals surface area (Å²) in [6, 6.07) is 0. The fraction of sp³-hybridized carbons (Fsp3) is 0.764. The molecule has 0 aromatic heterocycles. The van der Waals surface area contributed by atoms with Crippen LogP contribution in [0.1, 0.15) is 252 Å². The first-order valence-corrected chi connectivity index (χ1v) is 25.8. The Labute approximate surface area is 377 Å². The van der Waals surface area contributed by atoms with E-state index in [2.05, 4.69) is 81.5 Å². The zero-order chi connectivity index (χ0) is 44.4. The summed E-state index contributed by atoms with van der Waals surface area (Å²) in [5.41, 5.74) is 0. The molecule has 352 valence electrons. The normalized spacial score (nSPS) is 12.5. The molecule has 0 spiro atoms. The molecule has 0 aliphatic heterocycles. The molecule has 0 aromatic rings. The fourth-order valence-electron chi connectivity index (χ4n) is 7.08. The first kappa shape index (κ1) is 58.1. The molecule has 0 saturated carbocycles. The molecular formula is C55H96O6. The molecule has 6 heteroatoms. The summed E-state index contributed by atoms with van der Waals surface area (Å²) in [4.78, 5) is 37.9. The minimum atomic E-state index is -0.786. The van der Waals surface area contributed by atoms with Crippen molar-refractivity contribution in [1.82, 2.24) is 0 Å². The highest BCUT2D eigenvalue weighted by Crippen LogP contribution is 2.14. The third-order valence-corrected chi connectivity index (χ3v) is 11.0. The minimum Gasteiger partial charge on any atom is -0.462 e. The second kappa shape index (κ2) is 49.8. The predicted molar refractivity (Wildman–Crippen MR) is 261 cm³/mol. The highest BCUT2D eigenvalue weighted by molar-refractivity contribution is 5.71. The van der Waals surface area contributed by atoms with Crippen LogP contribution >= 0.6 is 0 Å². The highest BCUT2D eigenvalue weighted by atomic mass is 16.6. The number of rotatable bonds is 46. The largest absolute Gasteiger partial charge is 0.462 e. The van der Waals surface area contributed by atoms with Gasteiger partial charge in [-0.25, -0.2) is 0 Å². The van der Waals surface area contributed by atoms with Gasteiger partial charge in [0.2, 0.25) is 0 Å². The van der Waals surface area contributed by atoms with Gasteiger partial charge in [-0.2, -0.15) is 0 Å². The number of allylic oxidation sites excluding steroid dienone is 10. The van der Waals surface area contributed by atoms with Gasteiger partial charge < -0.3 is 14.2 Å². The minimum absolute atomic E-state index is 0.0861. The molecule has 0 heterocycles. The van der Waals surface area contributed by atoms with Crippen molar-refractivity contribution in [3.63, 3.8) is 0 Å². The van der Waals surface area contributed by atoms with Gasteiger partial charge >= 0.3 is 17.9 Å². The molecule has 1 unspecified atom stereocenters. The van der Waals surface area contributed by atoms with E-state index in [-0.39, 0.29) is 31.1 Å². The highest BCUT2D eigenvalue weighted by Gasteiger charge is 2.19. The Bertz CT molecular complexity index is 1120. The lowest BCUT2D eigenvalue weighted by Gasteiger charge is -2.18. The SMILES string of the molecule is CC/C=C\C/C=C\C/C=C\CCCCCCCCC(=O)OCC(COC(=O)CCCCCCC/C=C\CCCC)OC(=O)CCCCCCC/C=C\CCCCCCCCC. The molecule has 0 bridgehead atoms. The van der Waals surface area contributed by atoms with E-state index in [0.717, 1.165) is 103 Å². The summed E-state index contributed by atoms with van der Waals surface area (Å²) in [7, 11) is 0. The van der Waals surface area contributed by atoms with Crippen LogP contribution in [0.3, 0.4) is 0 Å². The zero-order valence-corrected chi connectivity index (χ0v) is 40.2. The standard InChI is InChI=1S/C55H96O6/c1-4-7-10-13-16-19-22-24-26-28-30-33-36-39-42-45-48-54(57)60-51-52(50-59-53(56)47-44-41-38-35-32-21-18-15-12-9-6-3)61-55(58)49-46-43-40-37-34-31-29-27-25-23-20-17-14-11-8-5-2/h7,10,15-16,18-19,24,26-27,29,52H,4-6,8-9,11-14,17,20-23,25,28,30-51H2,1-3H3/b10-7-,18-15-,19-16-,26-24-,29-27-. The molecule has 0 N–H and O–H groups in total. The van der Waals surface area contributed by atoms with Crippen LogP contribution in [0.4, 0.5) is 0 Å². The van der Waals surface area contributed by atoms with Gasteiger partial charge in [-0.3, -0.25) is 14.4 Å². The molecule has 0 aliphatic carbocycles. The van der Waals surface area contributed by atoms with E-state index in [9.17, 15) is 14.4 Å². The van der Waals surface area contributed by atoms with Gasteiger partial charge in [-0.15, -0.1) is 0 Å². The van der Waals surface area contributed by atoms with E-state index in [0.29, 0.717) is 19.3 Å². The summed E-state index contributed by atoms with van der Waals surface area (Å²) >= 11 is 0. The van der Waals surface area contributed by atoms with Gasteiger partial charge in [0.1, 0.15) is 13.2 Å². The Kier molecular flexibility index (Phi) is 47.4. The summed E-state index contributed by atoms with van der Waals surface area (Å²) in [6.45, 7) is 6.47. The van der Waals surface area contributed by atoms with Crippen LogP contribution in [-0.4, -0.2) is 37.2 Å². The van der Waals surface area contributed by atoms with Crippen LogP contribution in [-0.2, 0) is 28.6 Å². The average Bonchev–Trinajstić information content (AvgIpc) is 3.26. The van der Waals surface area contributed by atoms with Crippen molar-refractivity contribution in [3.05, 3.63) is 60.8 Å². The van der Waals surface area contributed by atoms with E-state index >= 15 is 0 Å². The summed E-state index contributed by atoms with van der Waals surface area (Å²) in [6.07, 6.45) is 60.6. The Morgan fingerprint density at radius 2 is 0.656 bits per heavy atom. The number of hydrogen-bond donors (Lipinski definition) is 0. The monoisotopic (exact) mass is 853 g/mol. The molecule has 1 atom stereocenters.